The van der Waals surface area contributed by atoms with Gasteiger partial charge in [-0.05, 0) is 132 Å². The maximum Gasteiger partial charge on any atom is 0.198 e. The summed E-state index contributed by atoms with van der Waals surface area (Å²) in [6.45, 7) is 3.35. The molecule has 9 heteroatoms. The van der Waals surface area contributed by atoms with Crippen LogP contribution in [0.3, 0.4) is 0 Å². The van der Waals surface area contributed by atoms with Crippen molar-refractivity contribution in [2.75, 3.05) is 62.4 Å². The number of benzene rings is 15. The molecule has 602 valence electrons. The molecule has 1 aliphatic heterocycles. The molecule has 0 unspecified atom stereocenters. The summed E-state index contributed by atoms with van der Waals surface area (Å²) in [4.78, 5) is 33.6. The molecule has 9 nitrogen and oxygen atoms in total. The van der Waals surface area contributed by atoms with Crippen molar-refractivity contribution >= 4 is 35.1 Å². The van der Waals surface area contributed by atoms with Crippen LogP contribution in [0.15, 0.2) is 484 Å². The SMILES string of the molecule is O=C1C(=C2C=C(/C=C/c3ccc(N(CCOC(c4ccccc4)(c4ccccc4)c4ccccc4)CCOC(c4ccccc4)(c4ccccc4)c4ccccc4)cc3)OC(/C=C/c3ccc(N(CCOC(c4ccccc4)(c4ccccc4)c4ccccc4)CCOC(c4ccccc4)(c4ccccc4)c4ccccc4)cc3)=C2)C(=O)c2ccccc21. The van der Waals surface area contributed by atoms with E-state index in [0.717, 1.165) is 89.3 Å². The van der Waals surface area contributed by atoms with Gasteiger partial charge in [0.2, 0.25) is 0 Å². The standard InChI is InChI=1S/C114H94N2O7/c117-109-106-63-37-38-64-107(106)110(118)108(109)89-85-104(75-69-87-65-71-102(72-66-87)115(77-81-119-111(90-39-13-1-14-40-90,91-41-15-2-16-42-91)92-43-17-3-18-44-92)78-82-120-112(93-45-19-4-20-46-93,94-47-21-5-22-48-94)95-49-23-6-24-50-95)123-105(86-89)76-70-88-67-73-103(74-68-88)116(79-83-121-113(96-51-25-7-26-52-96,97-53-27-8-28-54-97)98-55-29-9-30-56-98)80-84-122-114(99-57-31-10-32-58-99,100-59-33-11-34-60-100)101-61-35-12-36-62-101/h1-76,85-86H,77-84H2/b75-69+,76-70+. The van der Waals surface area contributed by atoms with Gasteiger partial charge in [-0.3, -0.25) is 9.59 Å². The van der Waals surface area contributed by atoms with Gasteiger partial charge < -0.3 is 33.5 Å². The molecule has 0 saturated carbocycles. The summed E-state index contributed by atoms with van der Waals surface area (Å²) < 4.78 is 36.8. The number of rotatable bonds is 34. The molecule has 0 amide bonds. The number of nitrogens with zero attached hydrogens (tertiary/aromatic N) is 2. The van der Waals surface area contributed by atoms with E-state index in [2.05, 4.69) is 350 Å². The highest BCUT2D eigenvalue weighted by Gasteiger charge is 2.43. The van der Waals surface area contributed by atoms with E-state index < -0.39 is 22.4 Å². The van der Waals surface area contributed by atoms with Gasteiger partial charge in [0, 0.05) is 48.7 Å². The van der Waals surface area contributed by atoms with Crippen LogP contribution in [-0.2, 0) is 46.1 Å². The number of allylic oxidation sites excluding steroid dienone is 6. The van der Waals surface area contributed by atoms with Crippen LogP contribution in [0.2, 0.25) is 0 Å². The van der Waals surface area contributed by atoms with Crippen LogP contribution in [0.5, 0.6) is 0 Å². The highest BCUT2D eigenvalue weighted by atomic mass is 16.5. The summed E-state index contributed by atoms with van der Waals surface area (Å²) in [5, 5.41) is 0. The van der Waals surface area contributed by atoms with Crippen molar-refractivity contribution in [2.45, 2.75) is 22.4 Å². The molecular weight excluding hydrogens is 1510 g/mol. The Labute approximate surface area is 721 Å². The highest BCUT2D eigenvalue weighted by Crippen LogP contribution is 2.46. The minimum absolute atomic E-state index is 0.0929. The Kier molecular flexibility index (Phi) is 25.2. The second-order valence-electron chi connectivity index (χ2n) is 30.6. The number of hydrogen-bond donors (Lipinski definition) is 0. The van der Waals surface area contributed by atoms with Gasteiger partial charge >= 0.3 is 0 Å². The molecule has 0 radical (unpaired) electrons. The maximum absolute atomic E-state index is 14.4. The van der Waals surface area contributed by atoms with E-state index >= 15 is 0 Å². The lowest BCUT2D eigenvalue weighted by atomic mass is 9.80. The lowest BCUT2D eigenvalue weighted by Crippen LogP contribution is -2.39. The predicted molar refractivity (Wildman–Crippen MR) is 495 cm³/mol. The number of Topliss-reactive ketones (excluding diaryl/α,β-unsaturated/α-hetero) is 2. The fourth-order valence-corrected chi connectivity index (χ4v) is 17.4. The summed E-state index contributed by atoms with van der Waals surface area (Å²) in [5.41, 5.74) is 13.5. The lowest BCUT2D eigenvalue weighted by molar-refractivity contribution is 0.00947. The topological polar surface area (TPSA) is 86.8 Å². The molecule has 123 heavy (non-hydrogen) atoms. The van der Waals surface area contributed by atoms with Crippen LogP contribution >= 0.6 is 0 Å². The number of ether oxygens (including phenoxy) is 5. The lowest BCUT2D eigenvalue weighted by Gasteiger charge is -2.38. The number of hydrogen-bond acceptors (Lipinski definition) is 9. The predicted octanol–water partition coefficient (Wildman–Crippen LogP) is 24.2. The van der Waals surface area contributed by atoms with Gasteiger partial charge in [-0.1, -0.05) is 425 Å². The van der Waals surface area contributed by atoms with E-state index in [1.807, 2.05) is 97.1 Å². The first kappa shape index (κ1) is 81.0. The molecule has 15 aromatic rings. The van der Waals surface area contributed by atoms with Crippen LogP contribution in [0, 0.1) is 0 Å². The number of carbonyl (C=O) groups excluding carboxylic acids is 2. The average Bonchev–Trinajstić information content (AvgIpc) is 1.52. The minimum atomic E-state index is -0.942. The summed E-state index contributed by atoms with van der Waals surface area (Å²) in [7, 11) is 0. The normalized spacial score (nSPS) is 13.0. The third-order valence-electron chi connectivity index (χ3n) is 23.3. The molecular formula is C114H94N2O7. The van der Waals surface area contributed by atoms with Gasteiger partial charge in [-0.2, -0.15) is 0 Å². The first-order valence-corrected chi connectivity index (χ1v) is 42.1. The Morgan fingerprint density at radius 2 is 0.415 bits per heavy atom. The minimum Gasteiger partial charge on any atom is -0.457 e. The van der Waals surface area contributed by atoms with Gasteiger partial charge in [0.05, 0.1) is 32.0 Å². The second-order valence-corrected chi connectivity index (χ2v) is 30.6. The van der Waals surface area contributed by atoms with Gasteiger partial charge in [-0.25, -0.2) is 0 Å². The molecule has 17 rings (SSSR count). The second kappa shape index (κ2) is 38.3. The van der Waals surface area contributed by atoms with Crippen LogP contribution in [0.1, 0.15) is 98.6 Å². The van der Waals surface area contributed by atoms with Crippen LogP contribution in [-0.4, -0.2) is 64.2 Å². The Morgan fingerprint density at radius 3 is 0.610 bits per heavy atom. The van der Waals surface area contributed by atoms with E-state index in [9.17, 15) is 9.59 Å². The quantitative estimate of drug-likeness (QED) is 0.0222. The number of ketones is 2. The Hall–Kier alpha value is -14.4. The van der Waals surface area contributed by atoms with Crippen molar-refractivity contribution in [3.63, 3.8) is 0 Å². The van der Waals surface area contributed by atoms with Crippen molar-refractivity contribution in [2.24, 2.45) is 0 Å². The summed E-state index contributed by atoms with van der Waals surface area (Å²) in [5.74, 6) is 0.227. The van der Waals surface area contributed by atoms with Crippen molar-refractivity contribution < 1.29 is 33.3 Å². The Balaban J connectivity index is 0.673. The molecule has 0 saturated heterocycles. The maximum atomic E-state index is 14.4. The number of carbonyl (C=O) groups is 2. The fraction of sp³-hybridized carbons (Fsp3) is 0.105. The monoisotopic (exact) mass is 1600 g/mol. The fourth-order valence-electron chi connectivity index (χ4n) is 17.4. The molecule has 0 N–H and O–H groups in total. The van der Waals surface area contributed by atoms with Crippen molar-refractivity contribution in [3.05, 3.63) is 573 Å². The molecule has 2 aliphatic rings. The highest BCUT2D eigenvalue weighted by molar-refractivity contribution is 6.40. The number of fused-ring (bicyclic) bond motifs is 1. The smallest absolute Gasteiger partial charge is 0.198 e. The van der Waals surface area contributed by atoms with Gasteiger partial charge in [0.1, 0.15) is 33.9 Å². The first-order valence-electron chi connectivity index (χ1n) is 42.1. The largest absolute Gasteiger partial charge is 0.457 e. The van der Waals surface area contributed by atoms with E-state index in [4.69, 9.17) is 23.7 Å². The third-order valence-corrected chi connectivity index (χ3v) is 23.3. The summed E-state index contributed by atoms with van der Waals surface area (Å²) in [6, 6.07) is 150. The van der Waals surface area contributed by atoms with Crippen molar-refractivity contribution in [1.82, 2.24) is 0 Å². The molecule has 1 aliphatic carbocycles. The Bertz CT molecular complexity index is 5110. The van der Waals surface area contributed by atoms with E-state index in [0.29, 0.717) is 80.8 Å². The third kappa shape index (κ3) is 17.4. The van der Waals surface area contributed by atoms with E-state index in [-0.39, 0.29) is 17.1 Å². The molecule has 0 aromatic heterocycles. The van der Waals surface area contributed by atoms with Gasteiger partial charge in [-0.15, -0.1) is 0 Å². The zero-order valence-corrected chi connectivity index (χ0v) is 68.4. The molecule has 0 bridgehead atoms. The van der Waals surface area contributed by atoms with E-state index in [1.54, 1.807) is 36.4 Å². The molecule has 15 aromatic carbocycles. The summed E-state index contributed by atoms with van der Waals surface area (Å²) >= 11 is 0. The van der Waals surface area contributed by atoms with Crippen molar-refractivity contribution in [3.8, 4) is 0 Å². The number of anilines is 2. The van der Waals surface area contributed by atoms with Crippen LogP contribution in [0.25, 0.3) is 12.2 Å². The molecule has 1 heterocycles. The zero-order chi connectivity index (χ0) is 83.4. The first-order chi connectivity index (χ1) is 60.8. The van der Waals surface area contributed by atoms with E-state index in [1.165, 1.54) is 0 Å². The molecule has 0 spiro atoms. The van der Waals surface area contributed by atoms with Crippen LogP contribution in [0.4, 0.5) is 11.4 Å². The van der Waals surface area contributed by atoms with Gasteiger partial charge in [0.15, 0.2) is 11.6 Å². The molecule has 0 atom stereocenters. The zero-order valence-electron chi connectivity index (χ0n) is 68.4. The van der Waals surface area contributed by atoms with Gasteiger partial charge in [0.25, 0.3) is 0 Å². The van der Waals surface area contributed by atoms with Crippen LogP contribution < -0.4 is 9.80 Å². The Morgan fingerprint density at radius 1 is 0.228 bits per heavy atom. The van der Waals surface area contributed by atoms with Crippen molar-refractivity contribution in [1.29, 1.82) is 0 Å². The molecule has 0 fully saturated rings. The average molecular weight is 1600 g/mol. The summed E-state index contributed by atoms with van der Waals surface area (Å²) in [6.07, 6.45) is 11.3.